The van der Waals surface area contributed by atoms with Crippen LogP contribution in [-0.2, 0) is 0 Å². The Balaban J connectivity index is 2.52. The first kappa shape index (κ1) is 16.8. The molecule has 1 heterocycles. The lowest BCUT2D eigenvalue weighted by Crippen LogP contribution is -2.03. The Morgan fingerprint density at radius 3 is 1.81 bits per heavy atom. The van der Waals surface area contributed by atoms with Gasteiger partial charge in [-0.3, -0.25) is 0 Å². The van der Waals surface area contributed by atoms with E-state index in [0.29, 0.717) is 11.1 Å². The van der Waals surface area contributed by atoms with Crippen LogP contribution in [0.15, 0.2) is 18.3 Å². The lowest BCUT2D eigenvalue weighted by molar-refractivity contribution is -0.0528. The zero-order chi connectivity index (χ0) is 15.7. The number of halogens is 7. The SMILES string of the molecule is FC(F)Oc1ccc(-c2c(Cl)c(Cl)c(Cl)c(Cl)c2Cl)cn1. The van der Waals surface area contributed by atoms with Gasteiger partial charge in [-0.1, -0.05) is 58.0 Å². The van der Waals surface area contributed by atoms with E-state index >= 15 is 0 Å². The fourth-order valence-corrected chi connectivity index (χ4v) is 2.90. The molecule has 0 saturated carbocycles. The molecule has 112 valence electrons. The van der Waals surface area contributed by atoms with Crippen molar-refractivity contribution in [2.75, 3.05) is 0 Å². The highest BCUT2D eigenvalue weighted by Gasteiger charge is 2.20. The number of ether oxygens (including phenoxy) is 1. The van der Waals surface area contributed by atoms with Gasteiger partial charge in [0.25, 0.3) is 0 Å². The molecule has 1 aromatic heterocycles. The molecule has 9 heteroatoms. The molecule has 0 radical (unpaired) electrons. The summed E-state index contributed by atoms with van der Waals surface area (Å²) in [4.78, 5) is 3.72. The van der Waals surface area contributed by atoms with Crippen molar-refractivity contribution < 1.29 is 13.5 Å². The van der Waals surface area contributed by atoms with Crippen LogP contribution in [0, 0.1) is 0 Å². The third-order valence-corrected chi connectivity index (χ3v) is 4.72. The summed E-state index contributed by atoms with van der Waals surface area (Å²) in [5.74, 6) is -0.243. The largest absolute Gasteiger partial charge is 0.417 e. The van der Waals surface area contributed by atoms with Gasteiger partial charge in [0, 0.05) is 23.4 Å². The molecule has 0 N–H and O–H groups in total. The van der Waals surface area contributed by atoms with E-state index in [4.69, 9.17) is 58.0 Å². The predicted octanol–water partition coefficient (Wildman–Crippen LogP) is 6.62. The van der Waals surface area contributed by atoms with Crippen molar-refractivity contribution in [2.45, 2.75) is 6.61 Å². The fourth-order valence-electron chi connectivity index (χ4n) is 1.55. The maximum absolute atomic E-state index is 12.1. The molecule has 0 fully saturated rings. The van der Waals surface area contributed by atoms with Crippen molar-refractivity contribution in [1.29, 1.82) is 0 Å². The minimum absolute atomic E-state index is 0.0303. The minimum Gasteiger partial charge on any atom is -0.417 e. The van der Waals surface area contributed by atoms with Gasteiger partial charge in [0.2, 0.25) is 5.88 Å². The highest BCUT2D eigenvalue weighted by atomic mass is 35.5. The Bertz CT molecular complexity index is 649. The summed E-state index contributed by atoms with van der Waals surface area (Å²) in [5.41, 5.74) is 0.723. The summed E-state index contributed by atoms with van der Waals surface area (Å²) in [6.45, 7) is -2.96. The van der Waals surface area contributed by atoms with E-state index in [2.05, 4.69) is 9.72 Å². The number of pyridine rings is 1. The van der Waals surface area contributed by atoms with Gasteiger partial charge in [0.1, 0.15) is 0 Å². The normalized spacial score (nSPS) is 11.0. The molecule has 0 unspecified atom stereocenters. The van der Waals surface area contributed by atoms with Crippen LogP contribution in [-0.4, -0.2) is 11.6 Å². The standard InChI is InChI=1S/C12H4Cl5F2NO/c13-7-6(8(14)10(16)11(17)9(7)15)4-1-2-5(20-3-4)21-12(18)19/h1-3,12H. The van der Waals surface area contributed by atoms with E-state index in [1.54, 1.807) is 0 Å². The van der Waals surface area contributed by atoms with Crippen molar-refractivity contribution in [2.24, 2.45) is 0 Å². The third kappa shape index (κ3) is 3.46. The van der Waals surface area contributed by atoms with Crippen LogP contribution in [0.5, 0.6) is 5.88 Å². The number of hydrogen-bond acceptors (Lipinski definition) is 2. The molecule has 0 atom stereocenters. The monoisotopic (exact) mass is 391 g/mol. The molecule has 0 aliphatic heterocycles. The Morgan fingerprint density at radius 2 is 1.38 bits per heavy atom. The summed E-state index contributed by atoms with van der Waals surface area (Å²) in [7, 11) is 0. The Hall–Kier alpha value is -0.520. The molecule has 1 aromatic carbocycles. The van der Waals surface area contributed by atoms with Crippen molar-refractivity contribution in [1.82, 2.24) is 4.98 Å². The third-order valence-electron chi connectivity index (χ3n) is 2.44. The fraction of sp³-hybridized carbons (Fsp3) is 0.0833. The second kappa shape index (κ2) is 6.71. The van der Waals surface area contributed by atoms with Crippen molar-refractivity contribution in [3.05, 3.63) is 43.4 Å². The topological polar surface area (TPSA) is 22.1 Å². The van der Waals surface area contributed by atoms with Crippen LogP contribution in [0.3, 0.4) is 0 Å². The van der Waals surface area contributed by atoms with Crippen LogP contribution in [0.25, 0.3) is 11.1 Å². The van der Waals surface area contributed by atoms with E-state index < -0.39 is 6.61 Å². The van der Waals surface area contributed by atoms with Crippen molar-refractivity contribution >= 4 is 58.0 Å². The zero-order valence-corrected chi connectivity index (χ0v) is 13.6. The Kier molecular flexibility index (Phi) is 5.38. The van der Waals surface area contributed by atoms with Crippen LogP contribution in [0.1, 0.15) is 0 Å². The summed E-state index contributed by atoms with van der Waals surface area (Å²) >= 11 is 30.0. The molecule has 2 nitrogen and oxygen atoms in total. The number of alkyl halides is 2. The van der Waals surface area contributed by atoms with Gasteiger partial charge in [-0.05, 0) is 6.07 Å². The predicted molar refractivity (Wildman–Crippen MR) is 81.4 cm³/mol. The average Bonchev–Trinajstić information content (AvgIpc) is 2.44. The number of hydrogen-bond donors (Lipinski definition) is 0. The van der Waals surface area contributed by atoms with Crippen molar-refractivity contribution in [3.63, 3.8) is 0 Å². The molecular formula is C12H4Cl5F2NO. The second-order valence-electron chi connectivity index (χ2n) is 3.71. The van der Waals surface area contributed by atoms with Crippen LogP contribution >= 0.6 is 58.0 Å². The Morgan fingerprint density at radius 1 is 0.857 bits per heavy atom. The van der Waals surface area contributed by atoms with Crippen LogP contribution < -0.4 is 4.74 Å². The van der Waals surface area contributed by atoms with Gasteiger partial charge >= 0.3 is 6.61 Å². The lowest BCUT2D eigenvalue weighted by atomic mass is 10.1. The van der Waals surface area contributed by atoms with Gasteiger partial charge < -0.3 is 4.74 Å². The van der Waals surface area contributed by atoms with Gasteiger partial charge in [-0.25, -0.2) is 4.98 Å². The smallest absolute Gasteiger partial charge is 0.388 e. The minimum atomic E-state index is -2.96. The van der Waals surface area contributed by atoms with Gasteiger partial charge in [0.15, 0.2) is 0 Å². The maximum atomic E-state index is 12.1. The average molecular weight is 393 g/mol. The quantitative estimate of drug-likeness (QED) is 0.432. The number of nitrogens with zero attached hydrogens (tertiary/aromatic N) is 1. The van der Waals surface area contributed by atoms with Gasteiger partial charge in [-0.15, -0.1) is 0 Å². The lowest BCUT2D eigenvalue weighted by Gasteiger charge is -2.12. The molecule has 0 spiro atoms. The molecule has 2 aromatic rings. The van der Waals surface area contributed by atoms with Crippen LogP contribution in [0.2, 0.25) is 25.1 Å². The highest BCUT2D eigenvalue weighted by molar-refractivity contribution is 6.56. The molecule has 2 rings (SSSR count). The summed E-state index contributed by atoms with van der Waals surface area (Å²) in [6.07, 6.45) is 1.26. The van der Waals surface area contributed by atoms with Gasteiger partial charge in [0.05, 0.1) is 25.1 Å². The number of benzene rings is 1. The maximum Gasteiger partial charge on any atom is 0.388 e. The molecule has 0 saturated heterocycles. The summed E-state index contributed by atoms with van der Waals surface area (Å²) in [5, 5.41) is 0.273. The molecular weight excluding hydrogens is 389 g/mol. The zero-order valence-electron chi connectivity index (χ0n) is 9.81. The molecule has 0 aliphatic rings. The van der Waals surface area contributed by atoms with E-state index in [-0.39, 0.29) is 31.0 Å². The second-order valence-corrected chi connectivity index (χ2v) is 5.60. The molecule has 0 aliphatic carbocycles. The first-order valence-corrected chi connectivity index (χ1v) is 7.14. The molecule has 0 amide bonds. The van der Waals surface area contributed by atoms with E-state index in [9.17, 15) is 8.78 Å². The Labute approximate surface area is 143 Å². The summed E-state index contributed by atoms with van der Waals surface area (Å²) < 4.78 is 28.3. The highest BCUT2D eigenvalue weighted by Crippen LogP contribution is 2.48. The van der Waals surface area contributed by atoms with Gasteiger partial charge in [-0.2, -0.15) is 8.78 Å². The summed E-state index contributed by atoms with van der Waals surface area (Å²) in [6, 6.07) is 2.68. The molecule has 21 heavy (non-hydrogen) atoms. The first-order valence-electron chi connectivity index (χ1n) is 5.25. The number of aromatic nitrogens is 1. The van der Waals surface area contributed by atoms with Crippen molar-refractivity contribution in [3.8, 4) is 17.0 Å². The number of rotatable bonds is 3. The van der Waals surface area contributed by atoms with E-state index in [0.717, 1.165) is 0 Å². The van der Waals surface area contributed by atoms with E-state index in [1.807, 2.05) is 0 Å². The van der Waals surface area contributed by atoms with Crippen LogP contribution in [0.4, 0.5) is 8.78 Å². The first-order chi connectivity index (χ1) is 9.82. The van der Waals surface area contributed by atoms with E-state index in [1.165, 1.54) is 18.3 Å². The molecule has 0 bridgehead atoms.